The van der Waals surface area contributed by atoms with Crippen molar-refractivity contribution in [3.05, 3.63) is 41.7 Å². The Labute approximate surface area is 134 Å². The molecule has 0 aliphatic carbocycles. The molecule has 0 saturated heterocycles. The Morgan fingerprint density at radius 1 is 1.39 bits per heavy atom. The van der Waals surface area contributed by atoms with E-state index in [1.807, 2.05) is 19.9 Å². The van der Waals surface area contributed by atoms with Gasteiger partial charge in [-0.3, -0.25) is 4.68 Å². The molecule has 0 aliphatic heterocycles. The standard InChI is InChI=1S/C14H18N4O4S/c1-10(2)11-4-3-5-12(8-11)23(21,22)15-6-7-18-9-13(14(19)20)16-17-18/h3-5,8-10,15H,6-7H2,1-2H3,(H,19,20). The molecule has 0 radical (unpaired) electrons. The van der Waals surface area contributed by atoms with Crippen LogP contribution >= 0.6 is 0 Å². The van der Waals surface area contributed by atoms with Gasteiger partial charge in [-0.15, -0.1) is 5.10 Å². The van der Waals surface area contributed by atoms with Gasteiger partial charge < -0.3 is 5.11 Å². The lowest BCUT2D eigenvalue weighted by atomic mass is 10.0. The molecule has 0 unspecified atom stereocenters. The molecule has 0 fully saturated rings. The van der Waals surface area contributed by atoms with Gasteiger partial charge in [0.1, 0.15) is 0 Å². The average Bonchev–Trinajstić information content (AvgIpc) is 2.96. The fraction of sp³-hybridized carbons (Fsp3) is 0.357. The summed E-state index contributed by atoms with van der Waals surface area (Å²) in [5.74, 6) is -0.947. The van der Waals surface area contributed by atoms with E-state index in [-0.39, 0.29) is 29.6 Å². The highest BCUT2D eigenvalue weighted by Gasteiger charge is 2.15. The predicted octanol–water partition coefficient (Wildman–Crippen LogP) is 1.08. The molecule has 0 atom stereocenters. The van der Waals surface area contributed by atoms with Gasteiger partial charge in [-0.2, -0.15) is 0 Å². The Hall–Kier alpha value is -2.26. The Balaban J connectivity index is 2.01. The van der Waals surface area contributed by atoms with Crippen LogP contribution in [0.3, 0.4) is 0 Å². The number of hydrogen-bond donors (Lipinski definition) is 2. The van der Waals surface area contributed by atoms with Crippen molar-refractivity contribution in [2.75, 3.05) is 6.54 Å². The Morgan fingerprint density at radius 2 is 2.13 bits per heavy atom. The highest BCUT2D eigenvalue weighted by Crippen LogP contribution is 2.18. The maximum absolute atomic E-state index is 12.3. The second-order valence-corrected chi connectivity index (χ2v) is 7.06. The van der Waals surface area contributed by atoms with Crippen LogP contribution in [0.2, 0.25) is 0 Å². The lowest BCUT2D eigenvalue weighted by Gasteiger charge is -2.10. The first kappa shape index (κ1) is 17.1. The molecule has 9 heteroatoms. The van der Waals surface area contributed by atoms with Crippen molar-refractivity contribution in [1.82, 2.24) is 19.7 Å². The van der Waals surface area contributed by atoms with E-state index in [9.17, 15) is 13.2 Å². The van der Waals surface area contributed by atoms with Crippen molar-refractivity contribution in [3.8, 4) is 0 Å². The lowest BCUT2D eigenvalue weighted by Crippen LogP contribution is -2.27. The van der Waals surface area contributed by atoms with Crippen LogP contribution < -0.4 is 4.72 Å². The van der Waals surface area contributed by atoms with Gasteiger partial charge in [0.15, 0.2) is 5.69 Å². The van der Waals surface area contributed by atoms with Crippen LogP contribution in [0.25, 0.3) is 0 Å². The fourth-order valence-electron chi connectivity index (χ4n) is 1.92. The molecular formula is C14H18N4O4S. The summed E-state index contributed by atoms with van der Waals surface area (Å²) >= 11 is 0. The van der Waals surface area contributed by atoms with E-state index in [4.69, 9.17) is 5.11 Å². The smallest absolute Gasteiger partial charge is 0.358 e. The largest absolute Gasteiger partial charge is 0.476 e. The van der Waals surface area contributed by atoms with Gasteiger partial charge >= 0.3 is 5.97 Å². The molecule has 0 spiro atoms. The van der Waals surface area contributed by atoms with Crippen molar-refractivity contribution in [2.24, 2.45) is 0 Å². The molecule has 0 bridgehead atoms. The van der Waals surface area contributed by atoms with E-state index < -0.39 is 16.0 Å². The monoisotopic (exact) mass is 338 g/mol. The topological polar surface area (TPSA) is 114 Å². The molecule has 0 saturated carbocycles. The maximum Gasteiger partial charge on any atom is 0.358 e. The van der Waals surface area contributed by atoms with Gasteiger partial charge in [-0.25, -0.2) is 17.9 Å². The number of aromatic carboxylic acids is 1. The molecule has 1 aromatic heterocycles. The zero-order valence-electron chi connectivity index (χ0n) is 12.8. The van der Waals surface area contributed by atoms with Gasteiger partial charge in [-0.05, 0) is 23.6 Å². The molecule has 1 aromatic carbocycles. The summed E-state index contributed by atoms with van der Waals surface area (Å²) in [6, 6.07) is 6.77. The molecule has 1 heterocycles. The van der Waals surface area contributed by atoms with Crippen LogP contribution in [0.5, 0.6) is 0 Å². The molecule has 2 aromatic rings. The third kappa shape index (κ3) is 4.36. The van der Waals surface area contributed by atoms with Gasteiger partial charge in [-0.1, -0.05) is 31.2 Å². The summed E-state index contributed by atoms with van der Waals surface area (Å²) in [7, 11) is -3.62. The highest BCUT2D eigenvalue weighted by atomic mass is 32.2. The van der Waals surface area contributed by atoms with Crippen LogP contribution in [0.1, 0.15) is 35.8 Å². The first-order valence-electron chi connectivity index (χ1n) is 7.02. The molecular weight excluding hydrogens is 320 g/mol. The second-order valence-electron chi connectivity index (χ2n) is 5.30. The van der Waals surface area contributed by atoms with Crippen LogP contribution in [0.4, 0.5) is 0 Å². The summed E-state index contributed by atoms with van der Waals surface area (Å²) in [6.07, 6.45) is 1.25. The maximum atomic E-state index is 12.3. The number of benzene rings is 1. The molecule has 8 nitrogen and oxygen atoms in total. The minimum atomic E-state index is -3.62. The molecule has 0 aliphatic rings. The minimum Gasteiger partial charge on any atom is -0.476 e. The number of rotatable bonds is 7. The van der Waals surface area contributed by atoms with E-state index >= 15 is 0 Å². The number of nitrogens with one attached hydrogen (secondary N) is 1. The summed E-state index contributed by atoms with van der Waals surface area (Å²) in [6.45, 7) is 4.24. The van der Waals surface area contributed by atoms with Crippen LogP contribution in [-0.2, 0) is 16.6 Å². The molecule has 0 amide bonds. The summed E-state index contributed by atoms with van der Waals surface area (Å²) in [5.41, 5.74) is 0.757. The third-order valence-corrected chi connectivity index (χ3v) is 4.68. The number of carboxylic acid groups (broad SMARTS) is 1. The molecule has 124 valence electrons. The molecule has 2 rings (SSSR count). The third-order valence-electron chi connectivity index (χ3n) is 3.23. The van der Waals surface area contributed by atoms with E-state index in [0.29, 0.717) is 0 Å². The predicted molar refractivity (Wildman–Crippen MR) is 82.7 cm³/mol. The zero-order valence-corrected chi connectivity index (χ0v) is 13.6. The van der Waals surface area contributed by atoms with E-state index in [1.54, 1.807) is 12.1 Å². The Morgan fingerprint density at radius 3 is 2.74 bits per heavy atom. The van der Waals surface area contributed by atoms with E-state index in [1.165, 1.54) is 16.9 Å². The Bertz CT molecular complexity index is 799. The van der Waals surface area contributed by atoms with Gasteiger partial charge in [0.05, 0.1) is 17.6 Å². The van der Waals surface area contributed by atoms with Crippen LogP contribution in [0.15, 0.2) is 35.4 Å². The second kappa shape index (κ2) is 6.88. The number of hydrogen-bond acceptors (Lipinski definition) is 5. The van der Waals surface area contributed by atoms with Crippen molar-refractivity contribution >= 4 is 16.0 Å². The van der Waals surface area contributed by atoms with Crippen molar-refractivity contribution < 1.29 is 18.3 Å². The van der Waals surface area contributed by atoms with Gasteiger partial charge in [0, 0.05) is 6.54 Å². The minimum absolute atomic E-state index is 0.0800. The molecule has 2 N–H and O–H groups in total. The van der Waals surface area contributed by atoms with E-state index in [0.717, 1.165) is 5.56 Å². The summed E-state index contributed by atoms with van der Waals surface area (Å²) in [5, 5.41) is 15.8. The Kier molecular flexibility index (Phi) is 5.12. The summed E-state index contributed by atoms with van der Waals surface area (Å²) in [4.78, 5) is 10.9. The van der Waals surface area contributed by atoms with Gasteiger partial charge in [0.2, 0.25) is 10.0 Å². The average molecular weight is 338 g/mol. The zero-order chi connectivity index (χ0) is 17.0. The van der Waals surface area contributed by atoms with Crippen molar-refractivity contribution in [3.63, 3.8) is 0 Å². The number of aromatic nitrogens is 3. The molecule has 23 heavy (non-hydrogen) atoms. The van der Waals surface area contributed by atoms with Gasteiger partial charge in [0.25, 0.3) is 0 Å². The number of carbonyl (C=O) groups is 1. The normalized spacial score (nSPS) is 11.8. The SMILES string of the molecule is CC(C)c1cccc(S(=O)(=O)NCCn2cc(C(=O)O)nn2)c1. The van der Waals surface area contributed by atoms with Crippen molar-refractivity contribution in [2.45, 2.75) is 31.2 Å². The number of carboxylic acids is 1. The van der Waals surface area contributed by atoms with E-state index in [2.05, 4.69) is 15.0 Å². The number of nitrogens with zero attached hydrogens (tertiary/aromatic N) is 3. The quantitative estimate of drug-likeness (QED) is 0.781. The fourth-order valence-corrected chi connectivity index (χ4v) is 3.00. The first-order valence-corrected chi connectivity index (χ1v) is 8.51. The first-order chi connectivity index (χ1) is 10.8. The van der Waals surface area contributed by atoms with Crippen LogP contribution in [-0.4, -0.2) is 41.0 Å². The lowest BCUT2D eigenvalue weighted by molar-refractivity contribution is 0.0690. The van der Waals surface area contributed by atoms with Crippen molar-refractivity contribution in [1.29, 1.82) is 0 Å². The van der Waals surface area contributed by atoms with Crippen LogP contribution in [0, 0.1) is 0 Å². The highest BCUT2D eigenvalue weighted by molar-refractivity contribution is 7.89. The summed E-state index contributed by atoms with van der Waals surface area (Å²) < 4.78 is 28.3. The number of sulfonamides is 1.